The Labute approximate surface area is 109 Å². The Morgan fingerprint density at radius 3 is 2.50 bits per heavy atom. The molecule has 5 nitrogen and oxygen atoms in total. The normalized spacial score (nSPS) is 15.7. The fraction of sp³-hybridized carbons (Fsp3) is 0.846. The minimum Gasteiger partial charge on any atom is -0.370 e. The maximum Gasteiger partial charge on any atom is 0.243 e. The average Bonchev–Trinajstić information content (AvgIpc) is 2.73. The van der Waals surface area contributed by atoms with Crippen molar-refractivity contribution in [2.75, 3.05) is 6.61 Å². The second-order valence-corrected chi connectivity index (χ2v) is 5.59. The Hall–Kier alpha value is -0.940. The third-order valence-corrected chi connectivity index (χ3v) is 2.73. The molecule has 1 aromatic heterocycles. The van der Waals surface area contributed by atoms with Crippen LogP contribution in [0.4, 0.5) is 0 Å². The van der Waals surface area contributed by atoms with E-state index in [1.807, 2.05) is 6.92 Å². The Bertz CT molecular complexity index is 357. The number of hydrogen-bond donors (Lipinski definition) is 1. The molecule has 0 fully saturated rings. The van der Waals surface area contributed by atoms with E-state index in [1.165, 1.54) is 0 Å². The average molecular weight is 255 g/mol. The van der Waals surface area contributed by atoms with Crippen molar-refractivity contribution in [3.05, 3.63) is 11.7 Å². The van der Waals surface area contributed by atoms with Crippen LogP contribution in [0, 0.1) is 5.41 Å². The summed E-state index contributed by atoms with van der Waals surface area (Å²) >= 11 is 0. The number of hydrogen-bond acceptors (Lipinski definition) is 5. The van der Waals surface area contributed by atoms with Gasteiger partial charge in [-0.1, -0.05) is 39.3 Å². The van der Waals surface area contributed by atoms with Crippen molar-refractivity contribution in [2.45, 2.75) is 59.6 Å². The van der Waals surface area contributed by atoms with E-state index < -0.39 is 0 Å². The highest BCUT2D eigenvalue weighted by molar-refractivity contribution is 4.98. The third kappa shape index (κ3) is 3.78. The van der Waals surface area contributed by atoms with Gasteiger partial charge in [-0.15, -0.1) is 0 Å². The van der Waals surface area contributed by atoms with Gasteiger partial charge in [0.2, 0.25) is 11.7 Å². The summed E-state index contributed by atoms with van der Waals surface area (Å²) in [5.74, 6) is 1.09. The maximum absolute atomic E-state index is 5.96. The van der Waals surface area contributed by atoms with E-state index in [9.17, 15) is 0 Å². The molecule has 1 heterocycles. The van der Waals surface area contributed by atoms with Gasteiger partial charge in [-0.3, -0.25) is 0 Å². The zero-order chi connectivity index (χ0) is 13.8. The minimum atomic E-state index is -0.182. The molecule has 104 valence electrons. The topological polar surface area (TPSA) is 74.2 Å². The summed E-state index contributed by atoms with van der Waals surface area (Å²) in [4.78, 5) is 4.39. The van der Waals surface area contributed by atoms with E-state index >= 15 is 0 Å². The fourth-order valence-corrected chi connectivity index (χ4v) is 1.82. The smallest absolute Gasteiger partial charge is 0.243 e. The summed E-state index contributed by atoms with van der Waals surface area (Å²) in [7, 11) is 0. The molecular formula is C13H25N3O2. The summed E-state index contributed by atoms with van der Waals surface area (Å²) in [6, 6.07) is -0.182. The van der Waals surface area contributed by atoms with Gasteiger partial charge >= 0.3 is 0 Å². The summed E-state index contributed by atoms with van der Waals surface area (Å²) in [5, 5.41) is 4.01. The third-order valence-electron chi connectivity index (χ3n) is 2.73. The molecule has 2 atom stereocenters. The molecule has 18 heavy (non-hydrogen) atoms. The molecule has 1 rings (SSSR count). The lowest BCUT2D eigenvalue weighted by Crippen LogP contribution is -2.22. The molecule has 1 unspecified atom stereocenters. The molecular weight excluding hydrogens is 230 g/mol. The van der Waals surface area contributed by atoms with Gasteiger partial charge in [0.25, 0.3) is 0 Å². The Kier molecular flexibility index (Phi) is 5.28. The van der Waals surface area contributed by atoms with Crippen molar-refractivity contribution in [3.8, 4) is 0 Å². The van der Waals surface area contributed by atoms with E-state index in [1.54, 1.807) is 0 Å². The van der Waals surface area contributed by atoms with Crippen molar-refractivity contribution >= 4 is 0 Å². The minimum absolute atomic E-state index is 0.0774. The van der Waals surface area contributed by atoms with Crippen molar-refractivity contribution in [3.63, 3.8) is 0 Å². The molecule has 5 heteroatoms. The number of aromatic nitrogens is 2. The molecule has 0 saturated heterocycles. The maximum atomic E-state index is 5.96. The first-order valence-electron chi connectivity index (χ1n) is 6.60. The lowest BCUT2D eigenvalue weighted by molar-refractivity contribution is -0.0203. The molecule has 0 spiro atoms. The molecule has 0 bridgehead atoms. The van der Waals surface area contributed by atoms with E-state index in [0.29, 0.717) is 18.3 Å². The standard InChI is InChI=1S/C13H25N3O2/c1-6-8-9(14)12-15-11(16-18-12)10(17-7-2)13(3,4)5/h9-10H,6-8,14H2,1-5H3/t9-,10?/m1/s1. The molecule has 2 N–H and O–H groups in total. The Morgan fingerprint density at radius 2 is 2.00 bits per heavy atom. The van der Waals surface area contributed by atoms with Gasteiger partial charge in [0, 0.05) is 6.61 Å². The van der Waals surface area contributed by atoms with Crippen LogP contribution in [-0.2, 0) is 4.74 Å². The van der Waals surface area contributed by atoms with Crippen LogP contribution in [-0.4, -0.2) is 16.7 Å². The predicted octanol–water partition coefficient (Wildman–Crippen LogP) is 2.99. The van der Waals surface area contributed by atoms with E-state index in [-0.39, 0.29) is 17.6 Å². The molecule has 0 aliphatic heterocycles. The first kappa shape index (κ1) is 15.1. The fourth-order valence-electron chi connectivity index (χ4n) is 1.82. The van der Waals surface area contributed by atoms with Gasteiger partial charge in [-0.25, -0.2) is 0 Å². The van der Waals surface area contributed by atoms with E-state index in [4.69, 9.17) is 15.0 Å². The van der Waals surface area contributed by atoms with E-state index in [0.717, 1.165) is 12.8 Å². The van der Waals surface area contributed by atoms with Gasteiger partial charge < -0.3 is 15.0 Å². The SMILES string of the molecule is CCC[C@@H](N)c1nc(C(OCC)C(C)(C)C)no1. The highest BCUT2D eigenvalue weighted by atomic mass is 16.5. The van der Waals surface area contributed by atoms with Crippen LogP contribution < -0.4 is 5.73 Å². The molecule has 0 radical (unpaired) electrons. The van der Waals surface area contributed by atoms with Gasteiger partial charge in [-0.2, -0.15) is 4.98 Å². The van der Waals surface area contributed by atoms with Crippen LogP contribution in [0.5, 0.6) is 0 Å². The van der Waals surface area contributed by atoms with Crippen molar-refractivity contribution < 1.29 is 9.26 Å². The second-order valence-electron chi connectivity index (χ2n) is 5.59. The Morgan fingerprint density at radius 1 is 1.33 bits per heavy atom. The molecule has 0 saturated carbocycles. The quantitative estimate of drug-likeness (QED) is 0.845. The van der Waals surface area contributed by atoms with Crippen LogP contribution in [0.3, 0.4) is 0 Å². The molecule has 0 aliphatic rings. The van der Waals surface area contributed by atoms with Crippen LogP contribution in [0.25, 0.3) is 0 Å². The zero-order valence-electron chi connectivity index (χ0n) is 12.1. The van der Waals surface area contributed by atoms with Crippen molar-refractivity contribution in [1.29, 1.82) is 0 Å². The molecule has 0 aliphatic carbocycles. The van der Waals surface area contributed by atoms with Crippen molar-refractivity contribution in [2.24, 2.45) is 11.1 Å². The number of ether oxygens (including phenoxy) is 1. The summed E-state index contributed by atoms with van der Waals surface area (Å²) in [6.07, 6.45) is 1.66. The largest absolute Gasteiger partial charge is 0.370 e. The highest BCUT2D eigenvalue weighted by Gasteiger charge is 2.31. The van der Waals surface area contributed by atoms with Crippen LogP contribution in [0.15, 0.2) is 4.52 Å². The van der Waals surface area contributed by atoms with Gasteiger partial charge in [0.15, 0.2) is 0 Å². The van der Waals surface area contributed by atoms with Gasteiger partial charge in [-0.05, 0) is 18.8 Å². The monoisotopic (exact) mass is 255 g/mol. The molecule has 0 aromatic carbocycles. The Balaban J connectivity index is 2.87. The summed E-state index contributed by atoms with van der Waals surface area (Å²) in [6.45, 7) is 10.9. The lowest BCUT2D eigenvalue weighted by atomic mass is 9.88. The van der Waals surface area contributed by atoms with Gasteiger partial charge in [0.05, 0.1) is 6.04 Å². The van der Waals surface area contributed by atoms with Crippen molar-refractivity contribution in [1.82, 2.24) is 10.1 Å². The lowest BCUT2D eigenvalue weighted by Gasteiger charge is -2.27. The first-order valence-corrected chi connectivity index (χ1v) is 6.60. The predicted molar refractivity (Wildman–Crippen MR) is 70.0 cm³/mol. The number of rotatable bonds is 6. The zero-order valence-corrected chi connectivity index (χ0v) is 12.1. The van der Waals surface area contributed by atoms with Crippen LogP contribution >= 0.6 is 0 Å². The first-order chi connectivity index (χ1) is 8.40. The van der Waals surface area contributed by atoms with Crippen LogP contribution in [0.1, 0.15) is 71.3 Å². The summed E-state index contributed by atoms with van der Waals surface area (Å²) < 4.78 is 11.0. The van der Waals surface area contributed by atoms with E-state index in [2.05, 4.69) is 37.8 Å². The highest BCUT2D eigenvalue weighted by Crippen LogP contribution is 2.34. The second kappa shape index (κ2) is 6.29. The molecule has 0 amide bonds. The summed E-state index contributed by atoms with van der Waals surface area (Å²) in [5.41, 5.74) is 5.89. The number of nitrogens with two attached hydrogens (primary N) is 1. The number of nitrogens with zero attached hydrogens (tertiary/aromatic N) is 2. The molecule has 1 aromatic rings. The van der Waals surface area contributed by atoms with Crippen LogP contribution in [0.2, 0.25) is 0 Å². The van der Waals surface area contributed by atoms with Gasteiger partial charge in [0.1, 0.15) is 6.10 Å².